The number of para-hydroxylation sites is 1. The summed E-state index contributed by atoms with van der Waals surface area (Å²) in [6, 6.07) is 8.20. The summed E-state index contributed by atoms with van der Waals surface area (Å²) in [4.78, 5) is 0. The van der Waals surface area contributed by atoms with Crippen molar-refractivity contribution in [2.45, 2.75) is 38.6 Å². The number of rotatable bonds is 3. The summed E-state index contributed by atoms with van der Waals surface area (Å²) in [5.74, 6) is 0.920. The number of hydrogen-bond donors (Lipinski definition) is 1. The van der Waals surface area contributed by atoms with Crippen LogP contribution in [-0.4, -0.2) is 7.11 Å². The predicted molar refractivity (Wildman–Crippen MR) is 66.5 cm³/mol. The quantitative estimate of drug-likeness (QED) is 0.846. The first-order valence-corrected chi connectivity index (χ1v) is 6.06. The van der Waals surface area contributed by atoms with E-state index in [1.807, 2.05) is 18.2 Å². The highest BCUT2D eigenvalue weighted by molar-refractivity contribution is 5.36. The molecule has 0 bridgehead atoms. The minimum Gasteiger partial charge on any atom is -0.496 e. The molecule has 2 N–H and O–H groups in total. The van der Waals surface area contributed by atoms with Gasteiger partial charge in [-0.2, -0.15) is 0 Å². The van der Waals surface area contributed by atoms with Crippen molar-refractivity contribution in [3.05, 3.63) is 29.8 Å². The monoisotopic (exact) mass is 219 g/mol. The number of nitrogens with two attached hydrogens (primary N) is 1. The summed E-state index contributed by atoms with van der Waals surface area (Å²) in [6.07, 6.45) is 5.07. The summed E-state index contributed by atoms with van der Waals surface area (Å²) >= 11 is 0. The maximum absolute atomic E-state index is 6.43. The third-order valence-electron chi connectivity index (χ3n) is 3.97. The molecule has 2 heteroatoms. The Morgan fingerprint density at radius 2 is 1.88 bits per heavy atom. The van der Waals surface area contributed by atoms with Crippen molar-refractivity contribution in [2.24, 2.45) is 11.1 Å². The molecule has 0 heterocycles. The standard InChI is InChI=1S/C14H21NO/c1-14(9-5-6-10-14)13(15)11-7-3-4-8-12(11)16-2/h3-4,7-8,13H,5-6,9-10,15H2,1-2H3. The first-order chi connectivity index (χ1) is 7.67. The van der Waals surface area contributed by atoms with Crippen LogP contribution in [-0.2, 0) is 0 Å². The molecule has 1 aromatic carbocycles. The SMILES string of the molecule is COc1ccccc1C(N)C1(C)CCCC1. The molecule has 2 nitrogen and oxygen atoms in total. The summed E-state index contributed by atoms with van der Waals surface area (Å²) < 4.78 is 5.39. The van der Waals surface area contributed by atoms with Crippen molar-refractivity contribution in [1.29, 1.82) is 0 Å². The van der Waals surface area contributed by atoms with E-state index in [2.05, 4.69) is 13.0 Å². The Bertz CT molecular complexity index is 356. The largest absolute Gasteiger partial charge is 0.496 e. The van der Waals surface area contributed by atoms with Crippen LogP contribution in [0, 0.1) is 5.41 Å². The number of hydrogen-bond acceptors (Lipinski definition) is 2. The lowest BCUT2D eigenvalue weighted by Gasteiger charge is -2.32. The fourth-order valence-electron chi connectivity index (χ4n) is 2.79. The van der Waals surface area contributed by atoms with Crippen molar-refractivity contribution in [3.8, 4) is 5.75 Å². The Labute approximate surface area is 97.8 Å². The van der Waals surface area contributed by atoms with Crippen molar-refractivity contribution in [2.75, 3.05) is 7.11 Å². The van der Waals surface area contributed by atoms with Crippen molar-refractivity contribution in [3.63, 3.8) is 0 Å². The third-order valence-corrected chi connectivity index (χ3v) is 3.97. The Balaban J connectivity index is 2.29. The average Bonchev–Trinajstić information content (AvgIpc) is 2.76. The van der Waals surface area contributed by atoms with E-state index in [0.717, 1.165) is 11.3 Å². The molecule has 1 fully saturated rings. The molecule has 2 rings (SSSR count). The van der Waals surface area contributed by atoms with Crippen LogP contribution in [0.4, 0.5) is 0 Å². The van der Waals surface area contributed by atoms with Gasteiger partial charge in [0.2, 0.25) is 0 Å². The van der Waals surface area contributed by atoms with Crippen molar-refractivity contribution >= 4 is 0 Å². The zero-order valence-corrected chi connectivity index (χ0v) is 10.2. The zero-order chi connectivity index (χ0) is 11.6. The smallest absolute Gasteiger partial charge is 0.123 e. The summed E-state index contributed by atoms with van der Waals surface area (Å²) in [5, 5.41) is 0. The molecule has 1 aromatic rings. The van der Waals surface area contributed by atoms with Crippen molar-refractivity contribution < 1.29 is 4.74 Å². The van der Waals surface area contributed by atoms with E-state index in [-0.39, 0.29) is 11.5 Å². The highest BCUT2D eigenvalue weighted by Gasteiger charge is 2.36. The Kier molecular flexibility index (Phi) is 3.20. The van der Waals surface area contributed by atoms with Crippen LogP contribution in [0.15, 0.2) is 24.3 Å². The van der Waals surface area contributed by atoms with Crippen LogP contribution in [0.3, 0.4) is 0 Å². The van der Waals surface area contributed by atoms with Crippen LogP contribution < -0.4 is 10.5 Å². The third kappa shape index (κ3) is 1.94. The molecule has 1 unspecified atom stereocenters. The lowest BCUT2D eigenvalue weighted by molar-refractivity contribution is 0.259. The molecule has 0 saturated heterocycles. The Morgan fingerprint density at radius 3 is 2.50 bits per heavy atom. The molecule has 0 aromatic heterocycles. The van der Waals surface area contributed by atoms with Gasteiger partial charge < -0.3 is 10.5 Å². The van der Waals surface area contributed by atoms with Gasteiger partial charge in [-0.3, -0.25) is 0 Å². The molecule has 0 amide bonds. The molecular formula is C14H21NO. The lowest BCUT2D eigenvalue weighted by atomic mass is 9.77. The van der Waals surface area contributed by atoms with E-state index >= 15 is 0 Å². The molecule has 1 aliphatic carbocycles. The Hall–Kier alpha value is -1.02. The van der Waals surface area contributed by atoms with Crippen LogP contribution in [0.5, 0.6) is 5.75 Å². The van der Waals surface area contributed by atoms with Gasteiger partial charge in [0.15, 0.2) is 0 Å². The molecule has 16 heavy (non-hydrogen) atoms. The van der Waals surface area contributed by atoms with E-state index in [1.165, 1.54) is 25.7 Å². The van der Waals surface area contributed by atoms with E-state index in [0.29, 0.717) is 0 Å². The fourth-order valence-corrected chi connectivity index (χ4v) is 2.79. The van der Waals surface area contributed by atoms with Gasteiger partial charge in [-0.05, 0) is 24.3 Å². The molecule has 0 spiro atoms. The summed E-state index contributed by atoms with van der Waals surface area (Å²) in [7, 11) is 1.71. The number of methoxy groups -OCH3 is 1. The summed E-state index contributed by atoms with van der Waals surface area (Å²) in [6.45, 7) is 2.30. The first-order valence-electron chi connectivity index (χ1n) is 6.06. The maximum Gasteiger partial charge on any atom is 0.123 e. The normalized spacial score (nSPS) is 20.7. The molecule has 1 aliphatic rings. The lowest BCUT2D eigenvalue weighted by Crippen LogP contribution is -2.29. The minimum absolute atomic E-state index is 0.0890. The predicted octanol–water partition coefficient (Wildman–Crippen LogP) is 3.28. The van der Waals surface area contributed by atoms with E-state index < -0.39 is 0 Å². The molecule has 0 radical (unpaired) electrons. The number of ether oxygens (including phenoxy) is 1. The fraction of sp³-hybridized carbons (Fsp3) is 0.571. The van der Waals surface area contributed by atoms with Gasteiger partial charge in [0.05, 0.1) is 7.11 Å². The highest BCUT2D eigenvalue weighted by atomic mass is 16.5. The Morgan fingerprint density at radius 1 is 1.25 bits per heavy atom. The summed E-state index contributed by atoms with van der Waals surface area (Å²) in [5.41, 5.74) is 7.82. The van der Waals surface area contributed by atoms with E-state index in [4.69, 9.17) is 10.5 Å². The van der Waals surface area contributed by atoms with Gasteiger partial charge in [0, 0.05) is 11.6 Å². The molecule has 1 atom stereocenters. The van der Waals surface area contributed by atoms with Gasteiger partial charge in [-0.15, -0.1) is 0 Å². The maximum atomic E-state index is 6.43. The van der Waals surface area contributed by atoms with E-state index in [1.54, 1.807) is 7.11 Å². The van der Waals surface area contributed by atoms with Crippen LogP contribution in [0.25, 0.3) is 0 Å². The second-order valence-electron chi connectivity index (χ2n) is 5.08. The highest BCUT2D eigenvalue weighted by Crippen LogP contribution is 2.47. The molecular weight excluding hydrogens is 198 g/mol. The molecule has 0 aliphatic heterocycles. The zero-order valence-electron chi connectivity index (χ0n) is 10.2. The molecule has 88 valence electrons. The van der Waals surface area contributed by atoms with Crippen molar-refractivity contribution in [1.82, 2.24) is 0 Å². The van der Waals surface area contributed by atoms with Gasteiger partial charge in [-0.1, -0.05) is 38.0 Å². The first kappa shape index (κ1) is 11.5. The van der Waals surface area contributed by atoms with E-state index in [9.17, 15) is 0 Å². The van der Waals surface area contributed by atoms with Gasteiger partial charge in [0.1, 0.15) is 5.75 Å². The van der Waals surface area contributed by atoms with Crippen LogP contribution in [0.1, 0.15) is 44.2 Å². The second kappa shape index (κ2) is 4.46. The topological polar surface area (TPSA) is 35.2 Å². The second-order valence-corrected chi connectivity index (χ2v) is 5.08. The minimum atomic E-state index is 0.0890. The van der Waals surface area contributed by atoms with Gasteiger partial charge in [-0.25, -0.2) is 0 Å². The average molecular weight is 219 g/mol. The van der Waals surface area contributed by atoms with Gasteiger partial charge in [0.25, 0.3) is 0 Å². The molecule has 1 saturated carbocycles. The van der Waals surface area contributed by atoms with Crippen LogP contribution in [0.2, 0.25) is 0 Å². The van der Waals surface area contributed by atoms with Crippen LogP contribution >= 0.6 is 0 Å². The van der Waals surface area contributed by atoms with Gasteiger partial charge >= 0.3 is 0 Å². The number of benzene rings is 1.